The molecule has 1 amide bonds. The van der Waals surface area contributed by atoms with Crippen molar-refractivity contribution in [1.29, 1.82) is 0 Å². The van der Waals surface area contributed by atoms with Gasteiger partial charge in [0.05, 0.1) is 5.69 Å². The fourth-order valence-corrected chi connectivity index (χ4v) is 3.74. The van der Waals surface area contributed by atoms with Crippen LogP contribution in [-0.4, -0.2) is 46.8 Å². The Morgan fingerprint density at radius 2 is 2.09 bits per heavy atom. The maximum atomic E-state index is 12.1. The fourth-order valence-electron chi connectivity index (χ4n) is 3.74. The van der Waals surface area contributed by atoms with Gasteiger partial charge in [0, 0.05) is 19.3 Å². The van der Waals surface area contributed by atoms with Crippen LogP contribution >= 0.6 is 0 Å². The molecule has 2 heterocycles. The molecule has 0 bridgehead atoms. The molecule has 0 saturated carbocycles. The van der Waals surface area contributed by atoms with Crippen molar-refractivity contribution in [2.24, 2.45) is 5.92 Å². The highest BCUT2D eigenvalue weighted by molar-refractivity contribution is 5.75. The van der Waals surface area contributed by atoms with Gasteiger partial charge in [-0.1, -0.05) is 19.8 Å². The summed E-state index contributed by atoms with van der Waals surface area (Å²) in [4.78, 5) is 14.6. The van der Waals surface area contributed by atoms with E-state index in [0.717, 1.165) is 31.8 Å². The molecule has 5 nitrogen and oxygen atoms in total. The minimum Gasteiger partial charge on any atom is -0.353 e. The zero-order valence-electron chi connectivity index (χ0n) is 14.4. The summed E-state index contributed by atoms with van der Waals surface area (Å²) in [6.07, 6.45) is 10.7. The average molecular weight is 318 g/mol. The van der Waals surface area contributed by atoms with Gasteiger partial charge in [0.1, 0.15) is 6.54 Å². The molecule has 1 saturated heterocycles. The number of aromatic nitrogens is 2. The molecule has 128 valence electrons. The molecule has 1 aliphatic heterocycles. The first-order valence-corrected chi connectivity index (χ1v) is 9.25. The SMILES string of the molecule is CC1CCc2nn(CC(=O)NCCN3CCCCCC3)cc2C1. The molecule has 0 aromatic carbocycles. The molecule has 2 aliphatic rings. The molecule has 1 aliphatic carbocycles. The lowest BCUT2D eigenvalue weighted by Gasteiger charge is -2.19. The van der Waals surface area contributed by atoms with Crippen LogP contribution in [0.2, 0.25) is 0 Å². The molecule has 0 radical (unpaired) electrons. The highest BCUT2D eigenvalue weighted by atomic mass is 16.2. The third-order valence-electron chi connectivity index (χ3n) is 5.12. The normalized spacial score (nSPS) is 22.4. The number of hydrogen-bond donors (Lipinski definition) is 1. The van der Waals surface area contributed by atoms with E-state index in [1.165, 1.54) is 56.5 Å². The molecule has 3 rings (SSSR count). The van der Waals surface area contributed by atoms with Gasteiger partial charge in [-0.05, 0) is 56.7 Å². The third-order valence-corrected chi connectivity index (χ3v) is 5.12. The number of nitrogens with zero attached hydrogens (tertiary/aromatic N) is 3. The molecular formula is C18H30N4O. The molecule has 1 N–H and O–H groups in total. The summed E-state index contributed by atoms with van der Waals surface area (Å²) in [5.74, 6) is 0.815. The summed E-state index contributed by atoms with van der Waals surface area (Å²) in [5, 5.41) is 7.63. The van der Waals surface area contributed by atoms with E-state index < -0.39 is 0 Å². The van der Waals surface area contributed by atoms with Gasteiger partial charge < -0.3 is 10.2 Å². The van der Waals surface area contributed by atoms with E-state index >= 15 is 0 Å². The lowest BCUT2D eigenvalue weighted by molar-refractivity contribution is -0.121. The van der Waals surface area contributed by atoms with Crippen LogP contribution in [-0.2, 0) is 24.2 Å². The number of likely N-dealkylation sites (tertiary alicyclic amines) is 1. The van der Waals surface area contributed by atoms with Crippen LogP contribution in [0.3, 0.4) is 0 Å². The van der Waals surface area contributed by atoms with E-state index in [9.17, 15) is 4.79 Å². The van der Waals surface area contributed by atoms with Gasteiger partial charge in [-0.25, -0.2) is 0 Å². The number of carbonyl (C=O) groups is 1. The van der Waals surface area contributed by atoms with E-state index in [1.807, 2.05) is 4.68 Å². The van der Waals surface area contributed by atoms with Crippen molar-refractivity contribution in [2.45, 2.75) is 58.4 Å². The number of aryl methyl sites for hydroxylation is 1. The van der Waals surface area contributed by atoms with E-state index in [-0.39, 0.29) is 5.91 Å². The van der Waals surface area contributed by atoms with Crippen LogP contribution in [0.1, 0.15) is 50.3 Å². The van der Waals surface area contributed by atoms with Gasteiger partial charge in [0.15, 0.2) is 0 Å². The first-order valence-electron chi connectivity index (χ1n) is 9.25. The summed E-state index contributed by atoms with van der Waals surface area (Å²) in [7, 11) is 0. The van der Waals surface area contributed by atoms with Crippen molar-refractivity contribution in [3.05, 3.63) is 17.5 Å². The summed E-state index contributed by atoms with van der Waals surface area (Å²) in [6.45, 7) is 6.72. The summed E-state index contributed by atoms with van der Waals surface area (Å²) in [5.41, 5.74) is 2.53. The van der Waals surface area contributed by atoms with Crippen molar-refractivity contribution in [2.75, 3.05) is 26.2 Å². The zero-order chi connectivity index (χ0) is 16.1. The van der Waals surface area contributed by atoms with E-state index in [0.29, 0.717) is 6.54 Å². The lowest BCUT2D eigenvalue weighted by atomic mass is 9.89. The van der Waals surface area contributed by atoms with Crippen LogP contribution in [0.4, 0.5) is 0 Å². The predicted molar refractivity (Wildman–Crippen MR) is 91.3 cm³/mol. The minimum atomic E-state index is 0.0766. The highest BCUT2D eigenvalue weighted by Crippen LogP contribution is 2.23. The molecule has 1 aromatic heterocycles. The topological polar surface area (TPSA) is 50.2 Å². The standard InChI is InChI=1S/C18H30N4O/c1-15-6-7-17-16(12-15)13-22(20-17)14-18(23)19-8-11-21-9-4-2-3-5-10-21/h13,15H,2-12,14H2,1H3,(H,19,23). The second-order valence-electron chi connectivity index (χ2n) is 7.25. The van der Waals surface area contributed by atoms with Crippen molar-refractivity contribution >= 4 is 5.91 Å². The summed E-state index contributed by atoms with van der Waals surface area (Å²) >= 11 is 0. The van der Waals surface area contributed by atoms with Gasteiger partial charge in [-0.2, -0.15) is 5.10 Å². The molecule has 1 unspecified atom stereocenters. The Morgan fingerprint density at radius 1 is 1.30 bits per heavy atom. The first-order chi connectivity index (χ1) is 11.2. The monoisotopic (exact) mass is 318 g/mol. The van der Waals surface area contributed by atoms with Crippen molar-refractivity contribution < 1.29 is 4.79 Å². The van der Waals surface area contributed by atoms with E-state index in [4.69, 9.17) is 0 Å². The van der Waals surface area contributed by atoms with Crippen LogP contribution in [0.5, 0.6) is 0 Å². The molecule has 0 spiro atoms. The largest absolute Gasteiger partial charge is 0.353 e. The molecule has 1 atom stereocenters. The Kier molecular flexibility index (Phi) is 5.70. The fraction of sp³-hybridized carbons (Fsp3) is 0.778. The Hall–Kier alpha value is -1.36. The van der Waals surface area contributed by atoms with Gasteiger partial charge in [0.25, 0.3) is 0 Å². The number of fused-ring (bicyclic) bond motifs is 1. The smallest absolute Gasteiger partial charge is 0.241 e. The average Bonchev–Trinajstić information content (AvgIpc) is 2.73. The Bertz CT molecular complexity index is 517. The molecule has 23 heavy (non-hydrogen) atoms. The number of hydrogen-bond acceptors (Lipinski definition) is 3. The van der Waals surface area contributed by atoms with Gasteiger partial charge in [0.2, 0.25) is 5.91 Å². The van der Waals surface area contributed by atoms with Crippen molar-refractivity contribution in [3.63, 3.8) is 0 Å². The van der Waals surface area contributed by atoms with E-state index in [1.54, 1.807) is 0 Å². The second kappa shape index (κ2) is 7.95. The van der Waals surface area contributed by atoms with Crippen molar-refractivity contribution in [3.8, 4) is 0 Å². The van der Waals surface area contributed by atoms with Crippen LogP contribution in [0.25, 0.3) is 0 Å². The van der Waals surface area contributed by atoms with E-state index in [2.05, 4.69) is 28.4 Å². The molecule has 1 aromatic rings. The Morgan fingerprint density at radius 3 is 2.87 bits per heavy atom. The predicted octanol–water partition coefficient (Wildman–Crippen LogP) is 2.00. The zero-order valence-corrected chi connectivity index (χ0v) is 14.4. The van der Waals surface area contributed by atoms with Crippen LogP contribution in [0.15, 0.2) is 6.20 Å². The third kappa shape index (κ3) is 4.80. The molecule has 5 heteroatoms. The molecular weight excluding hydrogens is 288 g/mol. The number of amides is 1. The van der Waals surface area contributed by atoms with Gasteiger partial charge in [-0.15, -0.1) is 0 Å². The first kappa shape index (κ1) is 16.5. The summed E-state index contributed by atoms with van der Waals surface area (Å²) < 4.78 is 1.82. The maximum absolute atomic E-state index is 12.1. The number of nitrogens with one attached hydrogen (secondary N) is 1. The summed E-state index contributed by atoms with van der Waals surface area (Å²) in [6, 6.07) is 0. The van der Waals surface area contributed by atoms with Crippen molar-refractivity contribution in [1.82, 2.24) is 20.0 Å². The highest BCUT2D eigenvalue weighted by Gasteiger charge is 2.19. The molecule has 1 fully saturated rings. The lowest BCUT2D eigenvalue weighted by Crippen LogP contribution is -2.36. The quantitative estimate of drug-likeness (QED) is 0.903. The van der Waals surface area contributed by atoms with Crippen LogP contribution in [0, 0.1) is 5.92 Å². The maximum Gasteiger partial charge on any atom is 0.241 e. The van der Waals surface area contributed by atoms with Gasteiger partial charge >= 0.3 is 0 Å². The van der Waals surface area contributed by atoms with Crippen LogP contribution < -0.4 is 5.32 Å². The van der Waals surface area contributed by atoms with Gasteiger partial charge in [-0.3, -0.25) is 9.48 Å². The Balaban J connectivity index is 1.41. The number of carbonyl (C=O) groups excluding carboxylic acids is 1. The Labute approximate surface area is 139 Å². The second-order valence-corrected chi connectivity index (χ2v) is 7.25. The number of rotatable bonds is 5. The minimum absolute atomic E-state index is 0.0766.